The van der Waals surface area contributed by atoms with Crippen molar-refractivity contribution >= 4 is 10.0 Å². The molecule has 0 saturated carbocycles. The van der Waals surface area contributed by atoms with E-state index in [2.05, 4.69) is 0 Å². The maximum Gasteiger partial charge on any atom is 0.243 e. The van der Waals surface area contributed by atoms with Gasteiger partial charge in [0.1, 0.15) is 5.82 Å². The molecular formula is C13H14FNO2S. The Kier molecular flexibility index (Phi) is 2.75. The van der Waals surface area contributed by atoms with Crippen LogP contribution in [0.3, 0.4) is 0 Å². The van der Waals surface area contributed by atoms with Crippen molar-refractivity contribution in [1.82, 2.24) is 4.31 Å². The number of hydrogen-bond donors (Lipinski definition) is 0. The minimum Gasteiger partial charge on any atom is -0.207 e. The van der Waals surface area contributed by atoms with Crippen molar-refractivity contribution in [1.29, 1.82) is 0 Å². The molecular weight excluding hydrogens is 253 g/mol. The summed E-state index contributed by atoms with van der Waals surface area (Å²) in [5.74, 6) is -0.518. The van der Waals surface area contributed by atoms with Gasteiger partial charge in [-0.15, -0.1) is 0 Å². The minimum atomic E-state index is -3.58. The number of hydrogen-bond acceptors (Lipinski definition) is 2. The van der Waals surface area contributed by atoms with Crippen LogP contribution in [0.4, 0.5) is 4.39 Å². The van der Waals surface area contributed by atoms with E-state index in [1.807, 2.05) is 12.2 Å². The van der Waals surface area contributed by atoms with Gasteiger partial charge in [-0.3, -0.25) is 0 Å². The molecule has 1 fully saturated rings. The first-order valence-corrected chi connectivity index (χ1v) is 7.49. The SMILES string of the molecule is O=S(=O)(c1cccc(F)c1)N1C2C=CCC1CC2. The van der Waals surface area contributed by atoms with E-state index in [0.717, 1.165) is 25.3 Å². The molecule has 1 aromatic rings. The van der Waals surface area contributed by atoms with Gasteiger partial charge in [0.25, 0.3) is 0 Å². The Morgan fingerprint density at radius 2 is 2.11 bits per heavy atom. The molecule has 1 aromatic carbocycles. The lowest BCUT2D eigenvalue weighted by Gasteiger charge is -2.30. The van der Waals surface area contributed by atoms with Gasteiger partial charge < -0.3 is 0 Å². The number of fused-ring (bicyclic) bond motifs is 2. The van der Waals surface area contributed by atoms with E-state index in [9.17, 15) is 12.8 Å². The minimum absolute atomic E-state index is 0.0354. The average molecular weight is 267 g/mol. The van der Waals surface area contributed by atoms with Crippen molar-refractivity contribution < 1.29 is 12.8 Å². The Balaban J connectivity index is 2.03. The zero-order valence-electron chi connectivity index (χ0n) is 9.79. The molecule has 0 spiro atoms. The fourth-order valence-electron chi connectivity index (χ4n) is 2.81. The first kappa shape index (κ1) is 11.9. The molecule has 0 N–H and O–H groups in total. The van der Waals surface area contributed by atoms with Crippen LogP contribution in [0.5, 0.6) is 0 Å². The van der Waals surface area contributed by atoms with Crippen LogP contribution in [0.15, 0.2) is 41.3 Å². The van der Waals surface area contributed by atoms with Gasteiger partial charge in [-0.2, -0.15) is 4.31 Å². The van der Waals surface area contributed by atoms with Crippen LogP contribution < -0.4 is 0 Å². The molecule has 3 rings (SSSR count). The van der Waals surface area contributed by atoms with Gasteiger partial charge >= 0.3 is 0 Å². The fraction of sp³-hybridized carbons (Fsp3) is 0.385. The Hall–Kier alpha value is -1.20. The van der Waals surface area contributed by atoms with E-state index in [1.54, 1.807) is 4.31 Å². The van der Waals surface area contributed by atoms with Crippen LogP contribution in [0, 0.1) is 5.82 Å². The normalized spacial score (nSPS) is 27.6. The molecule has 96 valence electrons. The summed E-state index contributed by atoms with van der Waals surface area (Å²) in [6.45, 7) is 0. The maximum absolute atomic E-state index is 13.2. The standard InChI is InChI=1S/C13H14FNO2S/c14-10-3-1-6-13(9-10)18(16,17)15-11-4-2-5-12(15)8-7-11/h1-4,6,9,11-12H,5,7-8H2. The molecule has 2 bridgehead atoms. The lowest BCUT2D eigenvalue weighted by molar-refractivity contribution is 0.341. The van der Waals surface area contributed by atoms with Gasteiger partial charge in [0, 0.05) is 12.1 Å². The predicted molar refractivity (Wildman–Crippen MR) is 66.0 cm³/mol. The van der Waals surface area contributed by atoms with Crippen LogP contribution >= 0.6 is 0 Å². The van der Waals surface area contributed by atoms with Gasteiger partial charge in [-0.05, 0) is 37.5 Å². The molecule has 2 aliphatic heterocycles. The maximum atomic E-state index is 13.2. The van der Waals surface area contributed by atoms with E-state index in [-0.39, 0.29) is 17.0 Å². The summed E-state index contributed by atoms with van der Waals surface area (Å²) in [5.41, 5.74) is 0. The third-order valence-corrected chi connectivity index (χ3v) is 5.59. The second kappa shape index (κ2) is 4.17. The van der Waals surface area contributed by atoms with Crippen molar-refractivity contribution in [3.8, 4) is 0 Å². The molecule has 5 heteroatoms. The van der Waals surface area contributed by atoms with Crippen molar-refractivity contribution in [2.45, 2.75) is 36.2 Å². The molecule has 2 heterocycles. The number of sulfonamides is 1. The van der Waals surface area contributed by atoms with Gasteiger partial charge in [-0.25, -0.2) is 12.8 Å². The molecule has 1 saturated heterocycles. The second-order valence-corrected chi connectivity index (χ2v) is 6.60. The number of rotatable bonds is 2. The molecule has 18 heavy (non-hydrogen) atoms. The summed E-state index contributed by atoms with van der Waals surface area (Å²) in [4.78, 5) is 0.0506. The van der Waals surface area contributed by atoms with Gasteiger partial charge in [0.2, 0.25) is 10.0 Å². The topological polar surface area (TPSA) is 37.4 Å². The van der Waals surface area contributed by atoms with E-state index < -0.39 is 15.8 Å². The molecule has 0 aromatic heterocycles. The third kappa shape index (κ3) is 1.78. The van der Waals surface area contributed by atoms with Crippen LogP contribution in [-0.4, -0.2) is 24.8 Å². The highest BCUT2D eigenvalue weighted by Gasteiger charge is 2.42. The lowest BCUT2D eigenvalue weighted by atomic mass is 10.2. The Morgan fingerprint density at radius 1 is 1.28 bits per heavy atom. The molecule has 2 atom stereocenters. The van der Waals surface area contributed by atoms with Crippen molar-refractivity contribution in [2.75, 3.05) is 0 Å². The Morgan fingerprint density at radius 3 is 2.83 bits per heavy atom. The van der Waals surface area contributed by atoms with Gasteiger partial charge in [-0.1, -0.05) is 18.2 Å². The number of halogens is 1. The first-order chi connectivity index (χ1) is 8.59. The van der Waals surface area contributed by atoms with E-state index in [4.69, 9.17) is 0 Å². The second-order valence-electron chi connectivity index (χ2n) is 4.75. The quantitative estimate of drug-likeness (QED) is 0.771. The Labute approximate surface area is 106 Å². The van der Waals surface area contributed by atoms with Crippen LogP contribution in [0.25, 0.3) is 0 Å². The predicted octanol–water partition coefficient (Wildman–Crippen LogP) is 2.31. The highest BCUT2D eigenvalue weighted by Crippen LogP contribution is 2.36. The van der Waals surface area contributed by atoms with Gasteiger partial charge in [0.15, 0.2) is 0 Å². The zero-order valence-corrected chi connectivity index (χ0v) is 10.6. The van der Waals surface area contributed by atoms with E-state index >= 15 is 0 Å². The average Bonchev–Trinajstić information content (AvgIpc) is 2.61. The summed E-state index contributed by atoms with van der Waals surface area (Å²) in [5, 5.41) is 0. The van der Waals surface area contributed by atoms with Crippen molar-refractivity contribution in [3.63, 3.8) is 0 Å². The van der Waals surface area contributed by atoms with Crippen molar-refractivity contribution in [2.24, 2.45) is 0 Å². The summed E-state index contributed by atoms with van der Waals surface area (Å²) < 4.78 is 39.8. The third-order valence-electron chi connectivity index (χ3n) is 3.62. The highest BCUT2D eigenvalue weighted by atomic mass is 32.2. The largest absolute Gasteiger partial charge is 0.243 e. The zero-order chi connectivity index (χ0) is 12.8. The van der Waals surface area contributed by atoms with E-state index in [1.165, 1.54) is 18.2 Å². The summed E-state index contributed by atoms with van der Waals surface area (Å²) in [6, 6.07) is 5.21. The summed E-state index contributed by atoms with van der Waals surface area (Å²) >= 11 is 0. The van der Waals surface area contributed by atoms with E-state index in [0.29, 0.717) is 0 Å². The molecule has 3 nitrogen and oxygen atoms in total. The van der Waals surface area contributed by atoms with Crippen LogP contribution in [0.1, 0.15) is 19.3 Å². The lowest BCUT2D eigenvalue weighted by Crippen LogP contribution is -2.41. The van der Waals surface area contributed by atoms with Crippen LogP contribution in [0.2, 0.25) is 0 Å². The molecule has 0 aliphatic carbocycles. The van der Waals surface area contributed by atoms with Crippen LogP contribution in [-0.2, 0) is 10.0 Å². The van der Waals surface area contributed by atoms with Gasteiger partial charge in [0.05, 0.1) is 4.90 Å². The van der Waals surface area contributed by atoms with Crippen molar-refractivity contribution in [3.05, 3.63) is 42.2 Å². The smallest absolute Gasteiger partial charge is 0.207 e. The number of benzene rings is 1. The summed E-state index contributed by atoms with van der Waals surface area (Å²) in [6.07, 6.45) is 6.48. The molecule has 0 amide bonds. The first-order valence-electron chi connectivity index (χ1n) is 6.05. The monoisotopic (exact) mass is 267 g/mol. The molecule has 2 aliphatic rings. The molecule has 0 radical (unpaired) electrons. The molecule has 2 unspecified atom stereocenters. The summed E-state index contributed by atoms with van der Waals surface area (Å²) in [7, 11) is -3.58. The Bertz CT molecular complexity index is 597. The number of nitrogens with zero attached hydrogens (tertiary/aromatic N) is 1. The fourth-order valence-corrected chi connectivity index (χ4v) is 4.68. The highest BCUT2D eigenvalue weighted by molar-refractivity contribution is 7.89.